The van der Waals surface area contributed by atoms with Gasteiger partial charge in [-0.05, 0) is 0 Å². The summed E-state index contributed by atoms with van der Waals surface area (Å²) < 4.78 is 5.42. The minimum atomic E-state index is 0.0305. The van der Waals surface area contributed by atoms with Gasteiger partial charge in [0.1, 0.15) is 0 Å². The molecule has 272 valence electrons. The molecule has 0 saturated carbocycles. The summed E-state index contributed by atoms with van der Waals surface area (Å²) in [6, 6.07) is 77.6. The van der Waals surface area contributed by atoms with Gasteiger partial charge in [-0.2, -0.15) is 0 Å². The van der Waals surface area contributed by atoms with Crippen LogP contribution < -0.4 is 9.80 Å². The first-order valence-electron chi connectivity index (χ1n) is 19.8. The first-order valence-corrected chi connectivity index (χ1v) is 21.5. The topological polar surface area (TPSA) is 10.9 Å². The summed E-state index contributed by atoms with van der Waals surface area (Å²) in [5.74, 6) is 0. The van der Waals surface area contributed by atoms with E-state index in [1.807, 2.05) is 0 Å². The zero-order valence-electron chi connectivity index (χ0n) is 31.5. The summed E-state index contributed by atoms with van der Waals surface area (Å²) in [6.45, 7) is 0. The van der Waals surface area contributed by atoms with Crippen LogP contribution in [0, 0.1) is 0 Å². The molecule has 0 aliphatic carbocycles. The summed E-state index contributed by atoms with van der Waals surface area (Å²) in [6.07, 6.45) is 0. The van der Waals surface area contributed by atoms with E-state index in [0.29, 0.717) is 0 Å². The molecule has 0 bridgehead atoms. The van der Waals surface area contributed by atoms with Crippen molar-refractivity contribution in [1.82, 2.24) is 4.40 Å². The summed E-state index contributed by atoms with van der Waals surface area (Å²) >= 11 is 0.0305. The van der Waals surface area contributed by atoms with Crippen molar-refractivity contribution >= 4 is 106 Å². The fourth-order valence-corrected chi connectivity index (χ4v) is 12.0. The second-order valence-electron chi connectivity index (χ2n) is 14.9. The Morgan fingerprint density at radius 3 is 1.50 bits per heavy atom. The van der Waals surface area contributed by atoms with Gasteiger partial charge in [0.15, 0.2) is 0 Å². The number of hydrogen-bond donors (Lipinski definition) is 0. The number of nitrogens with zero attached hydrogens (tertiary/aromatic N) is 3. The van der Waals surface area contributed by atoms with E-state index in [-0.39, 0.29) is 14.5 Å². The van der Waals surface area contributed by atoms with E-state index in [1.54, 1.807) is 0 Å². The molecule has 0 aliphatic heterocycles. The van der Waals surface area contributed by atoms with Gasteiger partial charge in [0.2, 0.25) is 0 Å². The molecule has 3 nitrogen and oxygen atoms in total. The predicted molar refractivity (Wildman–Crippen MR) is 248 cm³/mol. The third-order valence-electron chi connectivity index (χ3n) is 11.6. The van der Waals surface area contributed by atoms with Gasteiger partial charge in [0.25, 0.3) is 0 Å². The molecular formula is C54H35N3Se. The van der Waals surface area contributed by atoms with Gasteiger partial charge in [0.05, 0.1) is 0 Å². The van der Waals surface area contributed by atoms with Crippen molar-refractivity contribution in [3.05, 3.63) is 212 Å². The molecule has 0 spiro atoms. The van der Waals surface area contributed by atoms with Crippen LogP contribution in [0.3, 0.4) is 0 Å². The minimum absolute atomic E-state index is 0.0305. The van der Waals surface area contributed by atoms with Crippen LogP contribution in [-0.2, 0) is 0 Å². The maximum absolute atomic E-state index is 2.57. The van der Waals surface area contributed by atoms with E-state index in [1.165, 1.54) is 68.5 Å². The summed E-state index contributed by atoms with van der Waals surface area (Å²) in [4.78, 5) is 4.78. The van der Waals surface area contributed by atoms with Crippen molar-refractivity contribution in [2.45, 2.75) is 0 Å². The van der Waals surface area contributed by atoms with Crippen LogP contribution in [0.25, 0.3) is 68.5 Å². The average molecular weight is 805 g/mol. The Labute approximate surface area is 341 Å². The van der Waals surface area contributed by atoms with E-state index in [2.05, 4.69) is 227 Å². The Kier molecular flexibility index (Phi) is 7.56. The number of benzene rings is 9. The molecule has 0 atom stereocenters. The Bertz CT molecular complexity index is 3370. The van der Waals surface area contributed by atoms with Gasteiger partial charge in [-0.15, -0.1) is 0 Å². The molecule has 12 rings (SSSR count). The van der Waals surface area contributed by atoms with Gasteiger partial charge in [-0.1, -0.05) is 0 Å². The third-order valence-corrected chi connectivity index (χ3v) is 14.1. The van der Waals surface area contributed by atoms with Crippen LogP contribution in [0.4, 0.5) is 34.1 Å². The summed E-state index contributed by atoms with van der Waals surface area (Å²) in [5, 5.41) is 7.91. The van der Waals surface area contributed by atoms with Crippen molar-refractivity contribution in [3.8, 4) is 11.1 Å². The van der Waals surface area contributed by atoms with Gasteiger partial charge >= 0.3 is 344 Å². The second-order valence-corrected chi connectivity index (χ2v) is 17.1. The zero-order valence-corrected chi connectivity index (χ0v) is 33.2. The van der Waals surface area contributed by atoms with Gasteiger partial charge < -0.3 is 0 Å². The van der Waals surface area contributed by atoms with Gasteiger partial charge in [-0.3, -0.25) is 0 Å². The normalized spacial score (nSPS) is 11.8. The first-order chi connectivity index (χ1) is 28.8. The van der Waals surface area contributed by atoms with Crippen molar-refractivity contribution in [2.24, 2.45) is 0 Å². The van der Waals surface area contributed by atoms with Crippen LogP contribution in [0.2, 0.25) is 0 Å². The number of fused-ring (bicyclic) bond motifs is 5. The molecule has 3 aromatic heterocycles. The predicted octanol–water partition coefficient (Wildman–Crippen LogP) is 14.8. The molecule has 0 saturated heterocycles. The van der Waals surface area contributed by atoms with Crippen molar-refractivity contribution in [2.75, 3.05) is 9.80 Å². The zero-order chi connectivity index (χ0) is 38.2. The first kappa shape index (κ1) is 33.1. The molecule has 0 N–H and O–H groups in total. The average Bonchev–Trinajstić information content (AvgIpc) is 3.80. The molecule has 0 amide bonds. The molecule has 0 fully saturated rings. The molecule has 0 unspecified atom stereocenters. The van der Waals surface area contributed by atoms with E-state index < -0.39 is 0 Å². The molecule has 0 aliphatic rings. The molecule has 0 radical (unpaired) electrons. The van der Waals surface area contributed by atoms with E-state index in [4.69, 9.17) is 0 Å². The van der Waals surface area contributed by atoms with Crippen molar-refractivity contribution in [1.29, 1.82) is 0 Å². The maximum atomic E-state index is 2.57. The molecule has 4 heteroatoms. The standard InChI is InChI=1S/C54H35N3Se/c1-5-18-37(19-6-1)55(38-20-7-2-8-21-38)41-26-15-17-36(33-41)43-31-32-45-47-29-16-28-46-44-27-13-14-30-48(44)57(53(46)47)49-34-42(35-50-52(49)51(45)54(43)58-50)56(39-22-9-3-10-23-39)40-24-11-4-12-25-40/h1-35H. The van der Waals surface area contributed by atoms with Crippen molar-refractivity contribution in [3.63, 3.8) is 0 Å². The molecular weight excluding hydrogens is 770 g/mol. The van der Waals surface area contributed by atoms with Gasteiger partial charge in [-0.25, -0.2) is 0 Å². The Balaban J connectivity index is 1.19. The molecule has 3 heterocycles. The van der Waals surface area contributed by atoms with Crippen LogP contribution in [-0.4, -0.2) is 18.9 Å². The Morgan fingerprint density at radius 1 is 0.345 bits per heavy atom. The molecule has 12 aromatic rings. The summed E-state index contributed by atoms with van der Waals surface area (Å²) in [7, 11) is 0. The monoisotopic (exact) mass is 805 g/mol. The van der Waals surface area contributed by atoms with Gasteiger partial charge in [0, 0.05) is 0 Å². The molecule has 9 aromatic carbocycles. The summed E-state index contributed by atoms with van der Waals surface area (Å²) in [5.41, 5.74) is 13.1. The van der Waals surface area contributed by atoms with Crippen LogP contribution in [0.1, 0.15) is 0 Å². The number of aromatic nitrogens is 1. The van der Waals surface area contributed by atoms with E-state index in [0.717, 1.165) is 34.1 Å². The van der Waals surface area contributed by atoms with Crippen LogP contribution in [0.15, 0.2) is 212 Å². The van der Waals surface area contributed by atoms with E-state index in [9.17, 15) is 0 Å². The quantitative estimate of drug-likeness (QED) is 0.149. The fourth-order valence-electron chi connectivity index (χ4n) is 9.22. The number of para-hydroxylation sites is 6. The Hall–Kier alpha value is -7.10. The SMILES string of the molecule is c1ccc(N(c2ccccc2)c2cccc(-c3ccc4c5cccc6c7ccccc7n(c7cc(N(c8ccccc8)c8ccccc8)cc8[se]c3c4c87)c56)c2)cc1. The van der Waals surface area contributed by atoms with E-state index >= 15 is 0 Å². The van der Waals surface area contributed by atoms with Crippen LogP contribution >= 0.6 is 0 Å². The number of anilines is 6. The number of hydrogen-bond acceptors (Lipinski definition) is 2. The van der Waals surface area contributed by atoms with Crippen molar-refractivity contribution < 1.29 is 0 Å². The van der Waals surface area contributed by atoms with Crippen LogP contribution in [0.5, 0.6) is 0 Å². The fraction of sp³-hybridized carbons (Fsp3) is 0. The molecule has 58 heavy (non-hydrogen) atoms. The Morgan fingerprint density at radius 2 is 0.862 bits per heavy atom. The second kappa shape index (κ2) is 13.2. The third kappa shape index (κ3) is 5.06. The number of rotatable bonds is 7.